The van der Waals surface area contributed by atoms with Gasteiger partial charge < -0.3 is 5.32 Å². The van der Waals surface area contributed by atoms with Crippen LogP contribution in [0.1, 0.15) is 72.1 Å². The molecule has 2 nitrogen and oxygen atoms in total. The number of nitrogens with one attached hydrogen (secondary N) is 1. The average Bonchev–Trinajstić information content (AvgIpc) is 2.28. The molecule has 0 fully saturated rings. The monoisotopic (exact) mass is 275 g/mol. The maximum Gasteiger partial charge on any atom is 0.0383 e. The summed E-state index contributed by atoms with van der Waals surface area (Å²) >= 11 is 0. The van der Waals surface area contributed by atoms with Crippen molar-refractivity contribution in [3.8, 4) is 0 Å². The number of rotatable bonds is 12. The summed E-state index contributed by atoms with van der Waals surface area (Å²) in [6, 6.07) is 1.01. The largest absolute Gasteiger partial charge is 0.311 e. The molecule has 2 unspecified atom stereocenters. The lowest BCUT2D eigenvalue weighted by atomic mass is 10.0. The molecule has 3 heteroatoms. The van der Waals surface area contributed by atoms with Gasteiger partial charge in [-0.15, -0.1) is 0 Å². The minimum Gasteiger partial charge on any atom is -0.311 e. The standard InChI is InChI=1S/C15H33NOS/c1-5-7-9-11-15(12-10-8-6-2)16-14(3)13-18(4)17/h14-16H,5-13H2,1-4H3. The van der Waals surface area contributed by atoms with Crippen molar-refractivity contribution < 1.29 is 4.21 Å². The second kappa shape index (κ2) is 12.2. The normalized spacial score (nSPS) is 14.9. The lowest BCUT2D eigenvalue weighted by Crippen LogP contribution is -2.39. The molecule has 0 saturated heterocycles. The van der Waals surface area contributed by atoms with E-state index in [9.17, 15) is 4.21 Å². The highest BCUT2D eigenvalue weighted by atomic mass is 32.2. The second-order valence-corrected chi connectivity index (χ2v) is 6.98. The Kier molecular flexibility index (Phi) is 12.2. The fraction of sp³-hybridized carbons (Fsp3) is 1.00. The van der Waals surface area contributed by atoms with Crippen molar-refractivity contribution in [2.75, 3.05) is 12.0 Å². The van der Waals surface area contributed by atoms with Gasteiger partial charge in [0.2, 0.25) is 0 Å². The Morgan fingerprint density at radius 2 is 1.50 bits per heavy atom. The third-order valence-electron chi connectivity index (χ3n) is 3.32. The van der Waals surface area contributed by atoms with Gasteiger partial charge in [-0.05, 0) is 19.8 Å². The molecule has 0 aliphatic heterocycles. The molecule has 0 radical (unpaired) electrons. The Balaban J connectivity index is 3.96. The Hall–Kier alpha value is 0.110. The van der Waals surface area contributed by atoms with Crippen molar-refractivity contribution in [3.05, 3.63) is 0 Å². The molecule has 0 aliphatic carbocycles. The van der Waals surface area contributed by atoms with Gasteiger partial charge in [0.05, 0.1) is 0 Å². The molecule has 0 heterocycles. The highest BCUT2D eigenvalue weighted by Crippen LogP contribution is 2.12. The van der Waals surface area contributed by atoms with Crippen molar-refractivity contribution in [3.63, 3.8) is 0 Å². The Bertz CT molecular complexity index is 199. The molecular weight excluding hydrogens is 242 g/mol. The zero-order valence-electron chi connectivity index (χ0n) is 12.8. The van der Waals surface area contributed by atoms with Crippen LogP contribution in [0.15, 0.2) is 0 Å². The highest BCUT2D eigenvalue weighted by Gasteiger charge is 2.12. The molecule has 0 aliphatic rings. The molecule has 2 atom stereocenters. The molecular formula is C15H33NOS. The third kappa shape index (κ3) is 11.2. The van der Waals surface area contributed by atoms with E-state index in [0.29, 0.717) is 12.1 Å². The van der Waals surface area contributed by atoms with Gasteiger partial charge >= 0.3 is 0 Å². The Morgan fingerprint density at radius 3 is 1.89 bits per heavy atom. The van der Waals surface area contributed by atoms with Crippen LogP contribution in [0.5, 0.6) is 0 Å². The topological polar surface area (TPSA) is 29.1 Å². The fourth-order valence-corrected chi connectivity index (χ4v) is 3.20. The number of unbranched alkanes of at least 4 members (excludes halogenated alkanes) is 4. The SMILES string of the molecule is CCCCCC(CCCCC)NC(C)CS(C)=O. The molecule has 0 amide bonds. The van der Waals surface area contributed by atoms with E-state index in [0.717, 1.165) is 5.75 Å². The Morgan fingerprint density at radius 1 is 1.00 bits per heavy atom. The number of hydrogen-bond donors (Lipinski definition) is 1. The highest BCUT2D eigenvalue weighted by molar-refractivity contribution is 7.84. The maximum absolute atomic E-state index is 11.2. The van der Waals surface area contributed by atoms with Crippen molar-refractivity contribution in [1.29, 1.82) is 0 Å². The van der Waals surface area contributed by atoms with E-state index >= 15 is 0 Å². The van der Waals surface area contributed by atoms with Crippen molar-refractivity contribution in [2.24, 2.45) is 0 Å². The van der Waals surface area contributed by atoms with E-state index < -0.39 is 10.8 Å². The average molecular weight is 276 g/mol. The van der Waals surface area contributed by atoms with E-state index in [1.54, 1.807) is 6.26 Å². The van der Waals surface area contributed by atoms with E-state index in [1.165, 1.54) is 51.4 Å². The van der Waals surface area contributed by atoms with Crippen LogP contribution in [0.4, 0.5) is 0 Å². The zero-order valence-corrected chi connectivity index (χ0v) is 13.7. The summed E-state index contributed by atoms with van der Waals surface area (Å²) in [5.41, 5.74) is 0. The van der Waals surface area contributed by atoms with Gasteiger partial charge in [-0.25, -0.2) is 0 Å². The summed E-state index contributed by atoms with van der Waals surface area (Å²) in [7, 11) is -0.689. The fourth-order valence-electron chi connectivity index (χ4n) is 2.40. The number of hydrogen-bond acceptors (Lipinski definition) is 2. The summed E-state index contributed by atoms with van der Waals surface area (Å²) in [5.74, 6) is 0.776. The Labute approximate surface area is 117 Å². The van der Waals surface area contributed by atoms with E-state index in [4.69, 9.17) is 0 Å². The van der Waals surface area contributed by atoms with Crippen LogP contribution in [-0.2, 0) is 10.8 Å². The van der Waals surface area contributed by atoms with Gasteiger partial charge in [-0.3, -0.25) is 4.21 Å². The first-order valence-corrected chi connectivity index (χ1v) is 9.38. The molecule has 1 N–H and O–H groups in total. The third-order valence-corrected chi connectivity index (χ3v) is 4.29. The molecule has 0 aromatic rings. The molecule has 18 heavy (non-hydrogen) atoms. The van der Waals surface area contributed by atoms with Gasteiger partial charge in [0.25, 0.3) is 0 Å². The molecule has 110 valence electrons. The predicted molar refractivity (Wildman–Crippen MR) is 83.6 cm³/mol. The van der Waals surface area contributed by atoms with Crippen LogP contribution in [0.3, 0.4) is 0 Å². The van der Waals surface area contributed by atoms with Gasteiger partial charge in [0, 0.05) is 34.9 Å². The second-order valence-electron chi connectivity index (χ2n) is 5.50. The molecule has 0 bridgehead atoms. The molecule has 0 saturated carbocycles. The summed E-state index contributed by atoms with van der Waals surface area (Å²) in [5, 5.41) is 3.67. The minimum atomic E-state index is -0.689. The lowest BCUT2D eigenvalue weighted by Gasteiger charge is -2.23. The summed E-state index contributed by atoms with van der Waals surface area (Å²) in [6.07, 6.45) is 12.2. The van der Waals surface area contributed by atoms with Gasteiger partial charge in [0.1, 0.15) is 0 Å². The molecule has 0 spiro atoms. The van der Waals surface area contributed by atoms with Crippen LogP contribution >= 0.6 is 0 Å². The quantitative estimate of drug-likeness (QED) is 0.548. The van der Waals surface area contributed by atoms with Gasteiger partial charge in [-0.2, -0.15) is 0 Å². The van der Waals surface area contributed by atoms with E-state index in [-0.39, 0.29) is 0 Å². The predicted octanol–water partition coefficient (Wildman–Crippen LogP) is 3.87. The van der Waals surface area contributed by atoms with Crippen LogP contribution in [0.25, 0.3) is 0 Å². The summed E-state index contributed by atoms with van der Waals surface area (Å²) in [6.45, 7) is 6.67. The van der Waals surface area contributed by atoms with Crippen molar-refractivity contribution in [1.82, 2.24) is 5.32 Å². The first kappa shape index (κ1) is 18.1. The van der Waals surface area contributed by atoms with Gasteiger partial charge in [-0.1, -0.05) is 52.4 Å². The van der Waals surface area contributed by atoms with Crippen LogP contribution in [-0.4, -0.2) is 28.3 Å². The first-order valence-electron chi connectivity index (χ1n) is 7.66. The molecule has 0 rings (SSSR count). The van der Waals surface area contributed by atoms with Crippen molar-refractivity contribution in [2.45, 2.75) is 84.2 Å². The van der Waals surface area contributed by atoms with Crippen LogP contribution < -0.4 is 5.32 Å². The van der Waals surface area contributed by atoms with Crippen LogP contribution in [0, 0.1) is 0 Å². The zero-order chi connectivity index (χ0) is 13.8. The maximum atomic E-state index is 11.2. The lowest BCUT2D eigenvalue weighted by molar-refractivity contribution is 0.392. The van der Waals surface area contributed by atoms with E-state index in [2.05, 4.69) is 26.1 Å². The van der Waals surface area contributed by atoms with Crippen molar-refractivity contribution >= 4 is 10.8 Å². The molecule has 0 aromatic heterocycles. The van der Waals surface area contributed by atoms with Crippen LogP contribution in [0.2, 0.25) is 0 Å². The summed E-state index contributed by atoms with van der Waals surface area (Å²) < 4.78 is 11.2. The molecule has 0 aromatic carbocycles. The first-order chi connectivity index (χ1) is 8.60. The van der Waals surface area contributed by atoms with Gasteiger partial charge in [0.15, 0.2) is 0 Å². The van der Waals surface area contributed by atoms with E-state index in [1.807, 2.05) is 0 Å². The summed E-state index contributed by atoms with van der Waals surface area (Å²) in [4.78, 5) is 0. The minimum absolute atomic E-state index is 0.379. The smallest absolute Gasteiger partial charge is 0.0383 e.